The first-order valence-electron chi connectivity index (χ1n) is 11.8. The second kappa shape index (κ2) is 12.9. The van der Waals surface area contributed by atoms with Crippen LogP contribution in [0.5, 0.6) is 0 Å². The van der Waals surface area contributed by atoms with Crippen LogP contribution >= 0.6 is 0 Å². The van der Waals surface area contributed by atoms with E-state index in [4.69, 9.17) is 9.47 Å². The Hall–Kier alpha value is -2.39. The number of carbonyl (C=O) groups excluding carboxylic acids is 1. The van der Waals surface area contributed by atoms with Gasteiger partial charge in [-0.2, -0.15) is 0 Å². The first-order valence-corrected chi connectivity index (χ1v) is 11.8. The monoisotopic (exact) mass is 476 g/mol. The predicted molar refractivity (Wildman–Crippen MR) is 125 cm³/mol. The van der Waals surface area contributed by atoms with Crippen molar-refractivity contribution >= 4 is 5.91 Å². The number of ether oxygens (including phenoxy) is 2. The van der Waals surface area contributed by atoms with Gasteiger partial charge in [0.2, 0.25) is 5.91 Å². The molecule has 1 fully saturated rings. The van der Waals surface area contributed by atoms with Crippen LogP contribution in [0.4, 0.5) is 8.78 Å². The third kappa shape index (κ3) is 8.43. The minimum atomic E-state index is -0.969. The number of nitrogens with one attached hydrogen (secondary N) is 2. The Kier molecular flexibility index (Phi) is 9.95. The Morgan fingerprint density at radius 3 is 2.32 bits per heavy atom. The molecule has 0 aromatic heterocycles. The van der Waals surface area contributed by atoms with E-state index in [1.165, 1.54) is 17.7 Å². The van der Waals surface area contributed by atoms with Crippen molar-refractivity contribution in [2.24, 2.45) is 0 Å². The Bertz CT molecular complexity index is 897. The highest BCUT2D eigenvalue weighted by Crippen LogP contribution is 2.16. The largest absolute Gasteiger partial charge is 0.390 e. The molecule has 2 atom stereocenters. The number of carbonyl (C=O) groups is 1. The molecule has 0 aliphatic carbocycles. The van der Waals surface area contributed by atoms with Crippen molar-refractivity contribution in [2.45, 2.75) is 57.5 Å². The van der Waals surface area contributed by atoms with Crippen molar-refractivity contribution in [3.8, 4) is 0 Å². The fraction of sp³-hybridized carbons (Fsp3) is 0.500. The van der Waals surface area contributed by atoms with E-state index in [1.54, 1.807) is 0 Å². The molecule has 186 valence electrons. The molecule has 1 heterocycles. The summed E-state index contributed by atoms with van der Waals surface area (Å²) < 4.78 is 38.1. The van der Waals surface area contributed by atoms with E-state index in [0.717, 1.165) is 11.6 Å². The van der Waals surface area contributed by atoms with Crippen LogP contribution in [0, 0.1) is 11.6 Å². The zero-order valence-corrected chi connectivity index (χ0v) is 19.7. The Morgan fingerprint density at radius 1 is 1.06 bits per heavy atom. The van der Waals surface area contributed by atoms with Gasteiger partial charge in [-0.1, -0.05) is 38.1 Å². The Balaban J connectivity index is 1.60. The van der Waals surface area contributed by atoms with Gasteiger partial charge in [0.1, 0.15) is 11.6 Å². The van der Waals surface area contributed by atoms with Gasteiger partial charge in [0, 0.05) is 25.6 Å². The van der Waals surface area contributed by atoms with Crippen molar-refractivity contribution in [1.29, 1.82) is 0 Å². The highest BCUT2D eigenvalue weighted by atomic mass is 19.1. The van der Waals surface area contributed by atoms with E-state index in [2.05, 4.69) is 24.5 Å². The zero-order valence-electron chi connectivity index (χ0n) is 19.7. The van der Waals surface area contributed by atoms with Gasteiger partial charge in [0.15, 0.2) is 6.29 Å². The summed E-state index contributed by atoms with van der Waals surface area (Å²) in [6.45, 7) is 6.10. The Labute approximate surface area is 199 Å². The van der Waals surface area contributed by atoms with Crippen LogP contribution < -0.4 is 10.6 Å². The summed E-state index contributed by atoms with van der Waals surface area (Å²) in [6, 6.07) is 10.3. The molecule has 6 nitrogen and oxygen atoms in total. The lowest BCUT2D eigenvalue weighted by molar-refractivity contribution is -0.122. The number of aliphatic hydroxyl groups is 1. The number of rotatable bonds is 12. The molecule has 0 spiro atoms. The van der Waals surface area contributed by atoms with Gasteiger partial charge in [-0.15, -0.1) is 0 Å². The van der Waals surface area contributed by atoms with E-state index < -0.39 is 23.8 Å². The summed E-state index contributed by atoms with van der Waals surface area (Å²) in [6.07, 6.45) is -0.361. The Morgan fingerprint density at radius 2 is 1.71 bits per heavy atom. The van der Waals surface area contributed by atoms with Crippen molar-refractivity contribution < 1.29 is 28.2 Å². The fourth-order valence-corrected chi connectivity index (χ4v) is 3.92. The summed E-state index contributed by atoms with van der Waals surface area (Å²) in [5.41, 5.74) is 2.39. The van der Waals surface area contributed by atoms with Gasteiger partial charge in [-0.3, -0.25) is 4.79 Å². The predicted octanol–water partition coefficient (Wildman–Crippen LogP) is 3.07. The number of hydrogen-bond donors (Lipinski definition) is 3. The number of aliphatic hydroxyl groups excluding tert-OH is 1. The number of amides is 1. The van der Waals surface area contributed by atoms with Crippen LogP contribution in [-0.2, 0) is 27.1 Å². The number of halogens is 2. The molecule has 1 amide bonds. The van der Waals surface area contributed by atoms with E-state index in [-0.39, 0.29) is 31.6 Å². The molecule has 34 heavy (non-hydrogen) atoms. The van der Waals surface area contributed by atoms with Crippen LogP contribution in [0.3, 0.4) is 0 Å². The molecule has 2 aromatic carbocycles. The first-order chi connectivity index (χ1) is 16.3. The van der Waals surface area contributed by atoms with E-state index in [0.29, 0.717) is 37.7 Å². The maximum Gasteiger partial charge on any atom is 0.224 e. The van der Waals surface area contributed by atoms with Crippen LogP contribution in [0.1, 0.15) is 42.9 Å². The van der Waals surface area contributed by atoms with Gasteiger partial charge in [-0.05, 0) is 41.2 Å². The number of benzene rings is 2. The van der Waals surface area contributed by atoms with Crippen LogP contribution in [-0.4, -0.2) is 55.8 Å². The minimum Gasteiger partial charge on any atom is -0.390 e. The minimum absolute atomic E-state index is 0.0877. The molecule has 1 saturated heterocycles. The molecule has 1 aliphatic heterocycles. The van der Waals surface area contributed by atoms with Crippen molar-refractivity contribution in [2.75, 3.05) is 26.3 Å². The molecule has 0 saturated carbocycles. The molecule has 0 bridgehead atoms. The highest BCUT2D eigenvalue weighted by Gasteiger charge is 2.23. The third-order valence-corrected chi connectivity index (χ3v) is 5.80. The highest BCUT2D eigenvalue weighted by molar-refractivity contribution is 5.79. The van der Waals surface area contributed by atoms with E-state index in [1.807, 2.05) is 24.3 Å². The van der Waals surface area contributed by atoms with Crippen molar-refractivity contribution in [3.05, 3.63) is 70.8 Å². The van der Waals surface area contributed by atoms with Crippen molar-refractivity contribution in [1.82, 2.24) is 10.6 Å². The molecule has 0 radical (unpaired) electrons. The molecular weight excluding hydrogens is 442 g/mol. The smallest absolute Gasteiger partial charge is 0.224 e. The zero-order chi connectivity index (χ0) is 24.5. The molecule has 3 rings (SSSR count). The van der Waals surface area contributed by atoms with Crippen LogP contribution in [0.15, 0.2) is 42.5 Å². The van der Waals surface area contributed by atoms with Gasteiger partial charge in [-0.25, -0.2) is 8.78 Å². The SMILES string of the molecule is CC(C)c1ccc(CC(=O)NC(Cc2cc(F)cc(F)c2)C(O)CNCCC2OCCO2)cc1. The second-order valence-electron chi connectivity index (χ2n) is 8.96. The van der Waals surface area contributed by atoms with Crippen molar-refractivity contribution in [3.63, 3.8) is 0 Å². The van der Waals surface area contributed by atoms with E-state index in [9.17, 15) is 18.7 Å². The normalized spacial score (nSPS) is 16.1. The molecule has 8 heteroatoms. The summed E-state index contributed by atoms with van der Waals surface area (Å²) in [7, 11) is 0. The fourth-order valence-electron chi connectivity index (χ4n) is 3.92. The molecule has 3 N–H and O–H groups in total. The van der Waals surface area contributed by atoms with Gasteiger partial charge in [0.05, 0.1) is 31.8 Å². The number of hydrogen-bond acceptors (Lipinski definition) is 5. The molecule has 1 aliphatic rings. The summed E-state index contributed by atoms with van der Waals surface area (Å²) in [5, 5.41) is 16.8. The standard InChI is InChI=1S/C26H34F2N2O4/c1-17(2)20-5-3-18(4-6-20)14-25(32)30-23(13-19-11-21(27)15-22(28)12-19)24(31)16-29-8-7-26-33-9-10-34-26/h3-6,11-12,15,17,23-24,26,29,31H,7-10,13-14,16H2,1-2H3,(H,30,32). The lowest BCUT2D eigenvalue weighted by Gasteiger charge is -2.25. The van der Waals surface area contributed by atoms with Gasteiger partial charge in [0.25, 0.3) is 0 Å². The van der Waals surface area contributed by atoms with Gasteiger partial charge < -0.3 is 25.2 Å². The summed E-state index contributed by atoms with van der Waals surface area (Å²) >= 11 is 0. The second-order valence-corrected chi connectivity index (χ2v) is 8.96. The van der Waals surface area contributed by atoms with Gasteiger partial charge >= 0.3 is 0 Å². The van der Waals surface area contributed by atoms with Crippen LogP contribution in [0.2, 0.25) is 0 Å². The lowest BCUT2D eigenvalue weighted by Crippen LogP contribution is -2.49. The van der Waals surface area contributed by atoms with E-state index >= 15 is 0 Å². The average Bonchev–Trinajstić information content (AvgIpc) is 3.29. The molecular formula is C26H34F2N2O4. The average molecular weight is 477 g/mol. The maximum absolute atomic E-state index is 13.7. The lowest BCUT2D eigenvalue weighted by atomic mass is 9.99. The first kappa shape index (κ1) is 26.2. The molecule has 2 unspecified atom stereocenters. The molecule has 2 aromatic rings. The van der Waals surface area contributed by atoms with Crippen LogP contribution in [0.25, 0.3) is 0 Å². The topological polar surface area (TPSA) is 79.8 Å². The maximum atomic E-state index is 13.7. The quantitative estimate of drug-likeness (QED) is 0.411. The summed E-state index contributed by atoms with van der Waals surface area (Å²) in [4.78, 5) is 12.8. The summed E-state index contributed by atoms with van der Waals surface area (Å²) in [5.74, 6) is -1.27. The third-order valence-electron chi connectivity index (χ3n) is 5.80.